The van der Waals surface area contributed by atoms with E-state index in [0.29, 0.717) is 24.5 Å². The Hall–Kier alpha value is -1.39. The van der Waals surface area contributed by atoms with Gasteiger partial charge >= 0.3 is 5.97 Å². The molecule has 0 saturated carbocycles. The number of carboxylic acid groups (broad SMARTS) is 1. The number of aliphatic carboxylic acids is 1. The molecule has 0 aliphatic rings. The lowest BCUT2D eigenvalue weighted by molar-refractivity contribution is -0.132. The van der Waals surface area contributed by atoms with Crippen LogP contribution in [0.5, 0.6) is 0 Å². The van der Waals surface area contributed by atoms with Crippen molar-refractivity contribution in [3.8, 4) is 0 Å². The minimum atomic E-state index is -0.868. The number of benzene rings is 1. The van der Waals surface area contributed by atoms with Gasteiger partial charge in [0.15, 0.2) is 9.76 Å². The summed E-state index contributed by atoms with van der Waals surface area (Å²) in [4.78, 5) is 11.3. The molecule has 3 nitrogen and oxygen atoms in total. The lowest BCUT2D eigenvalue weighted by Crippen LogP contribution is -2.22. The van der Waals surface area contributed by atoms with Gasteiger partial charge in [-0.3, -0.25) is 0 Å². The largest absolute Gasteiger partial charge is 0.478 e. The Morgan fingerprint density at radius 1 is 1.33 bits per heavy atom. The van der Waals surface area contributed by atoms with E-state index in [1.807, 2.05) is 30.3 Å². The van der Waals surface area contributed by atoms with Crippen molar-refractivity contribution < 1.29 is 14.3 Å². The monoisotopic (exact) mass is 306 g/mol. The zero-order chi connectivity index (χ0) is 15.9. The summed E-state index contributed by atoms with van der Waals surface area (Å²) in [5.41, 5.74) is 1.31. The van der Waals surface area contributed by atoms with Crippen LogP contribution in [0.15, 0.2) is 35.9 Å². The molecule has 0 spiro atoms. The highest BCUT2D eigenvalue weighted by atomic mass is 28.2. The highest BCUT2D eigenvalue weighted by Crippen LogP contribution is 2.32. The average Bonchev–Trinajstić information content (AvgIpc) is 2.42. The maximum absolute atomic E-state index is 11.3. The van der Waals surface area contributed by atoms with Gasteiger partial charge in [-0.1, -0.05) is 58.0 Å². The maximum atomic E-state index is 11.3. The number of hydrogen-bond donors (Lipinski definition) is 1. The molecule has 0 bridgehead atoms. The molecule has 0 unspecified atom stereocenters. The van der Waals surface area contributed by atoms with Crippen LogP contribution in [0.25, 0.3) is 6.08 Å². The molecule has 1 aromatic rings. The molecular weight excluding hydrogens is 280 g/mol. The molecule has 0 radical (unpaired) electrons. The first-order valence-corrected chi connectivity index (χ1v) is 8.68. The van der Waals surface area contributed by atoms with Crippen molar-refractivity contribution in [1.29, 1.82) is 0 Å². The summed E-state index contributed by atoms with van der Waals surface area (Å²) < 4.78 is 5.81. The predicted molar refractivity (Wildman–Crippen MR) is 90.0 cm³/mol. The lowest BCUT2D eigenvalue weighted by atomic mass is 9.99. The molecule has 0 aromatic heterocycles. The van der Waals surface area contributed by atoms with E-state index in [2.05, 4.69) is 27.7 Å². The van der Waals surface area contributed by atoms with Crippen molar-refractivity contribution in [1.82, 2.24) is 0 Å². The van der Waals surface area contributed by atoms with Gasteiger partial charge in [0.1, 0.15) is 0 Å². The van der Waals surface area contributed by atoms with Crippen molar-refractivity contribution in [2.24, 2.45) is 5.92 Å². The van der Waals surface area contributed by atoms with Crippen LogP contribution < -0.4 is 0 Å². The van der Waals surface area contributed by atoms with Crippen molar-refractivity contribution in [2.45, 2.75) is 39.2 Å². The molecule has 0 heterocycles. The van der Waals surface area contributed by atoms with Crippen LogP contribution in [-0.4, -0.2) is 27.4 Å². The van der Waals surface area contributed by atoms with E-state index in [0.717, 1.165) is 5.56 Å². The van der Waals surface area contributed by atoms with Crippen LogP contribution in [0.2, 0.25) is 5.04 Å². The summed E-state index contributed by atoms with van der Waals surface area (Å²) in [5.74, 6) is -0.282. The SMILES string of the molecule is CC(C)C(C)(C)[SiH2]OCCC(=Cc1ccccc1)C(=O)O. The summed E-state index contributed by atoms with van der Waals surface area (Å²) in [5, 5.41) is 9.51. The first-order chi connectivity index (χ1) is 9.83. The van der Waals surface area contributed by atoms with Crippen LogP contribution in [-0.2, 0) is 9.22 Å². The number of rotatable bonds is 8. The third-order valence-electron chi connectivity index (χ3n) is 3.97. The van der Waals surface area contributed by atoms with Gasteiger partial charge in [-0.15, -0.1) is 0 Å². The smallest absolute Gasteiger partial charge is 0.331 e. The lowest BCUT2D eigenvalue weighted by Gasteiger charge is -2.28. The first-order valence-electron chi connectivity index (χ1n) is 7.39. The number of carboxylic acids is 1. The molecule has 21 heavy (non-hydrogen) atoms. The summed E-state index contributed by atoms with van der Waals surface area (Å²) in [6.07, 6.45) is 2.17. The van der Waals surface area contributed by atoms with Gasteiger partial charge in [0.05, 0.1) is 0 Å². The van der Waals surface area contributed by atoms with Gasteiger partial charge in [0.2, 0.25) is 0 Å². The molecule has 0 aliphatic heterocycles. The Morgan fingerprint density at radius 2 is 1.95 bits per heavy atom. The topological polar surface area (TPSA) is 46.5 Å². The molecule has 0 atom stereocenters. The highest BCUT2D eigenvalue weighted by Gasteiger charge is 2.23. The Kier molecular flexibility index (Phi) is 6.85. The van der Waals surface area contributed by atoms with E-state index in [4.69, 9.17) is 4.43 Å². The normalized spacial score (nSPS) is 13.3. The van der Waals surface area contributed by atoms with Crippen molar-refractivity contribution in [3.05, 3.63) is 41.5 Å². The summed E-state index contributed by atoms with van der Waals surface area (Å²) in [6, 6.07) is 9.53. The van der Waals surface area contributed by atoms with E-state index in [-0.39, 0.29) is 5.04 Å². The Balaban J connectivity index is 2.54. The minimum absolute atomic E-state index is 0.243. The Labute approximate surface area is 130 Å². The molecule has 1 aromatic carbocycles. The van der Waals surface area contributed by atoms with E-state index in [1.165, 1.54) is 0 Å². The molecule has 0 amide bonds. The van der Waals surface area contributed by atoms with Crippen molar-refractivity contribution >= 4 is 21.8 Å². The number of carbonyl (C=O) groups is 1. The van der Waals surface area contributed by atoms with Crippen LogP contribution >= 0.6 is 0 Å². The molecule has 4 heteroatoms. The fourth-order valence-electron chi connectivity index (χ4n) is 1.68. The van der Waals surface area contributed by atoms with E-state index < -0.39 is 15.7 Å². The second-order valence-electron chi connectivity index (χ2n) is 6.33. The van der Waals surface area contributed by atoms with Crippen molar-refractivity contribution in [3.63, 3.8) is 0 Å². The molecule has 116 valence electrons. The van der Waals surface area contributed by atoms with Crippen LogP contribution in [0, 0.1) is 5.92 Å². The van der Waals surface area contributed by atoms with E-state index in [9.17, 15) is 9.90 Å². The maximum Gasteiger partial charge on any atom is 0.331 e. The summed E-state index contributed by atoms with van der Waals surface area (Å²) >= 11 is 0. The predicted octanol–water partition coefficient (Wildman–Crippen LogP) is 3.50. The van der Waals surface area contributed by atoms with E-state index in [1.54, 1.807) is 6.08 Å². The van der Waals surface area contributed by atoms with E-state index >= 15 is 0 Å². The molecular formula is C17H26O3Si. The Bertz CT molecular complexity index is 478. The van der Waals surface area contributed by atoms with Crippen molar-refractivity contribution in [2.75, 3.05) is 6.61 Å². The fourth-order valence-corrected chi connectivity index (χ4v) is 2.82. The second kappa shape index (κ2) is 8.15. The Morgan fingerprint density at radius 3 is 2.48 bits per heavy atom. The highest BCUT2D eigenvalue weighted by molar-refractivity contribution is 6.32. The van der Waals surface area contributed by atoms with Crippen LogP contribution in [0.1, 0.15) is 39.7 Å². The molecule has 0 aliphatic carbocycles. The minimum Gasteiger partial charge on any atom is -0.478 e. The summed E-state index contributed by atoms with van der Waals surface area (Å²) in [6.45, 7) is 9.35. The molecule has 0 saturated heterocycles. The molecule has 0 fully saturated rings. The average molecular weight is 306 g/mol. The quantitative estimate of drug-likeness (QED) is 0.454. The van der Waals surface area contributed by atoms with Crippen LogP contribution in [0.3, 0.4) is 0 Å². The molecule has 1 N–H and O–H groups in total. The first kappa shape index (κ1) is 17.7. The van der Waals surface area contributed by atoms with Gasteiger partial charge in [-0.25, -0.2) is 4.79 Å². The standard InChI is InChI=1S/C17H26O3Si/c1-13(2)17(3,4)21-20-11-10-15(16(18)19)12-14-8-6-5-7-9-14/h5-9,12-13H,10-11,21H2,1-4H3,(H,18,19). The van der Waals surface area contributed by atoms with Gasteiger partial charge < -0.3 is 9.53 Å². The van der Waals surface area contributed by atoms with Gasteiger partial charge in [0, 0.05) is 18.6 Å². The zero-order valence-corrected chi connectivity index (χ0v) is 14.8. The second-order valence-corrected chi connectivity index (χ2v) is 8.85. The van der Waals surface area contributed by atoms with Gasteiger partial charge in [0.25, 0.3) is 0 Å². The van der Waals surface area contributed by atoms with Crippen LogP contribution in [0.4, 0.5) is 0 Å². The fraction of sp³-hybridized carbons (Fsp3) is 0.471. The van der Waals surface area contributed by atoms with Gasteiger partial charge in [-0.05, 0) is 22.6 Å². The third kappa shape index (κ3) is 6.27. The third-order valence-corrected chi connectivity index (χ3v) is 6.02. The number of hydrogen-bond acceptors (Lipinski definition) is 2. The van der Waals surface area contributed by atoms with Gasteiger partial charge in [-0.2, -0.15) is 0 Å². The summed E-state index contributed by atoms with van der Waals surface area (Å²) in [7, 11) is -0.666. The zero-order valence-electron chi connectivity index (χ0n) is 13.4. The molecule has 1 rings (SSSR count).